The Morgan fingerprint density at radius 2 is 1.78 bits per heavy atom. The maximum Gasteiger partial charge on any atom is 0.264 e. The van der Waals surface area contributed by atoms with Gasteiger partial charge in [0.15, 0.2) is 0 Å². The van der Waals surface area contributed by atoms with Crippen molar-refractivity contribution in [3.8, 4) is 0 Å². The fourth-order valence-electron chi connectivity index (χ4n) is 3.73. The molecule has 3 rings (SSSR count). The van der Waals surface area contributed by atoms with Gasteiger partial charge in [0.25, 0.3) is 5.91 Å². The molecule has 2 aromatic carbocycles. The fraction of sp³-hybridized carbons (Fsp3) is 0.462. The molecular formula is C26H35NO4S. The van der Waals surface area contributed by atoms with Gasteiger partial charge in [-0.05, 0) is 80.3 Å². The zero-order valence-electron chi connectivity index (χ0n) is 19.4. The highest BCUT2D eigenvalue weighted by Gasteiger charge is 2.46. The van der Waals surface area contributed by atoms with Crippen LogP contribution in [0, 0.1) is 5.92 Å². The molecule has 0 aliphatic rings. The Bertz CT molecular complexity index is 994. The number of nitrogens with zero attached hydrogens (tertiary/aromatic N) is 1. The molecule has 0 saturated heterocycles. The Hall–Kier alpha value is -1.83. The van der Waals surface area contributed by atoms with Crippen molar-refractivity contribution >= 4 is 22.9 Å². The average Bonchev–Trinajstić information content (AvgIpc) is 3.13. The van der Waals surface area contributed by atoms with Crippen LogP contribution in [0.15, 0.2) is 64.1 Å². The molecule has 0 spiro atoms. The van der Waals surface area contributed by atoms with E-state index in [0.717, 1.165) is 47.1 Å². The minimum absolute atomic E-state index is 0.339. The molecular weight excluding hydrogens is 422 g/mol. The summed E-state index contributed by atoms with van der Waals surface area (Å²) in [5.41, 5.74) is 1.50. The smallest absolute Gasteiger partial charge is 0.264 e. The number of hydrogen-bond acceptors (Lipinski definition) is 6. The summed E-state index contributed by atoms with van der Waals surface area (Å²) in [5.74, 6) is -2.06. The zero-order chi connectivity index (χ0) is 23.4. The maximum absolute atomic E-state index is 10.9. The van der Waals surface area contributed by atoms with E-state index in [-0.39, 0.29) is 0 Å². The van der Waals surface area contributed by atoms with Crippen LogP contribution in [0.4, 0.5) is 0 Å². The Balaban J connectivity index is 1.78. The van der Waals surface area contributed by atoms with Gasteiger partial charge in [-0.2, -0.15) is 4.31 Å². The van der Waals surface area contributed by atoms with E-state index >= 15 is 0 Å². The van der Waals surface area contributed by atoms with Gasteiger partial charge in [-0.1, -0.05) is 50.6 Å². The van der Waals surface area contributed by atoms with Gasteiger partial charge in [-0.3, -0.25) is 0 Å². The van der Waals surface area contributed by atoms with Crippen LogP contribution in [0.25, 0.3) is 11.0 Å². The van der Waals surface area contributed by atoms with Crippen molar-refractivity contribution in [3.63, 3.8) is 0 Å². The van der Waals surface area contributed by atoms with Gasteiger partial charge in [0.1, 0.15) is 11.2 Å². The van der Waals surface area contributed by atoms with E-state index < -0.39 is 11.5 Å². The van der Waals surface area contributed by atoms with Gasteiger partial charge >= 0.3 is 0 Å². The number of hydrogen-bond donors (Lipinski definition) is 3. The number of aryl methyl sites for hydroxylation is 1. The molecule has 174 valence electrons. The quantitative estimate of drug-likeness (QED) is 0.265. The van der Waals surface area contributed by atoms with Crippen LogP contribution in [0.5, 0.6) is 0 Å². The number of fused-ring (bicyclic) bond motifs is 1. The first-order chi connectivity index (χ1) is 15.1. The van der Waals surface area contributed by atoms with Crippen LogP contribution in [-0.4, -0.2) is 37.7 Å². The number of rotatable bonds is 11. The average molecular weight is 458 g/mol. The molecule has 32 heavy (non-hydrogen) atoms. The monoisotopic (exact) mass is 457 g/mol. The third-order valence-corrected chi connectivity index (χ3v) is 6.90. The molecule has 0 amide bonds. The first kappa shape index (κ1) is 24.8. The second-order valence-corrected chi connectivity index (χ2v) is 10.2. The Morgan fingerprint density at radius 3 is 2.44 bits per heavy atom. The van der Waals surface area contributed by atoms with Crippen molar-refractivity contribution < 1.29 is 19.7 Å². The van der Waals surface area contributed by atoms with E-state index in [0.29, 0.717) is 12.5 Å². The summed E-state index contributed by atoms with van der Waals surface area (Å²) in [6.07, 6.45) is 5.40. The number of furan rings is 1. The predicted molar refractivity (Wildman–Crippen MR) is 130 cm³/mol. The topological polar surface area (TPSA) is 77.1 Å². The van der Waals surface area contributed by atoms with Gasteiger partial charge in [0.05, 0.1) is 6.26 Å². The van der Waals surface area contributed by atoms with Crippen molar-refractivity contribution in [1.82, 2.24) is 4.31 Å². The minimum Gasteiger partial charge on any atom is -0.464 e. The van der Waals surface area contributed by atoms with Crippen LogP contribution in [0.2, 0.25) is 0 Å². The first-order valence-electron chi connectivity index (χ1n) is 11.3. The van der Waals surface area contributed by atoms with Crippen LogP contribution in [0.1, 0.15) is 51.7 Å². The van der Waals surface area contributed by atoms with Gasteiger partial charge in [0, 0.05) is 16.8 Å². The second-order valence-electron chi connectivity index (χ2n) is 9.14. The van der Waals surface area contributed by atoms with Crippen LogP contribution in [0.3, 0.4) is 0 Å². The van der Waals surface area contributed by atoms with Crippen molar-refractivity contribution in [2.45, 2.75) is 69.8 Å². The number of benzene rings is 2. The zero-order valence-corrected chi connectivity index (χ0v) is 20.2. The maximum atomic E-state index is 10.9. The van der Waals surface area contributed by atoms with E-state index in [2.05, 4.69) is 26.0 Å². The third-order valence-electron chi connectivity index (χ3n) is 5.78. The van der Waals surface area contributed by atoms with E-state index in [9.17, 15) is 15.3 Å². The first-order valence-corrected chi connectivity index (χ1v) is 12.1. The summed E-state index contributed by atoms with van der Waals surface area (Å²) < 4.78 is 7.14. The Labute approximate surface area is 195 Å². The van der Waals surface area contributed by atoms with E-state index in [1.807, 2.05) is 36.4 Å². The highest BCUT2D eigenvalue weighted by molar-refractivity contribution is 7.97. The van der Waals surface area contributed by atoms with Gasteiger partial charge < -0.3 is 19.7 Å². The largest absolute Gasteiger partial charge is 0.464 e. The van der Waals surface area contributed by atoms with E-state index in [1.54, 1.807) is 6.26 Å². The van der Waals surface area contributed by atoms with Crippen LogP contribution in [-0.2, 0) is 12.8 Å². The fourth-order valence-corrected chi connectivity index (χ4v) is 4.84. The lowest BCUT2D eigenvalue weighted by Gasteiger charge is -2.41. The van der Waals surface area contributed by atoms with Gasteiger partial charge in [-0.15, -0.1) is 0 Å². The summed E-state index contributed by atoms with van der Waals surface area (Å²) in [6.45, 7) is 7.51. The van der Waals surface area contributed by atoms with Crippen LogP contribution >= 0.6 is 11.9 Å². The molecule has 0 aliphatic heterocycles. The standard InChI is InChI=1S/C26H35NO4S/c1-5-9-21-18-31-24-13-12-22(17-23(21)24)32-27(26(29,30)25(3,4)28)15-14-19(2)16-20-10-7-6-8-11-20/h6-8,10-13,17-19,28-30H,5,9,14-16H2,1-4H3. The SMILES string of the molecule is CCCc1coc2ccc(SN(CCC(C)Cc3ccccc3)C(O)(O)C(C)(C)O)cc12. The van der Waals surface area contributed by atoms with Crippen LogP contribution < -0.4 is 0 Å². The highest BCUT2D eigenvalue weighted by atomic mass is 32.2. The van der Waals surface area contributed by atoms with Crippen molar-refractivity contribution in [2.24, 2.45) is 5.92 Å². The summed E-state index contributed by atoms with van der Waals surface area (Å²) in [4.78, 5) is 0.865. The molecule has 1 heterocycles. The molecule has 0 radical (unpaired) electrons. The molecule has 0 fully saturated rings. The summed E-state index contributed by atoms with van der Waals surface area (Å²) in [7, 11) is 0. The second kappa shape index (κ2) is 10.4. The molecule has 0 saturated carbocycles. The minimum atomic E-state index is -2.40. The van der Waals surface area contributed by atoms with Crippen molar-refractivity contribution in [3.05, 3.63) is 65.9 Å². The van der Waals surface area contributed by atoms with Crippen molar-refractivity contribution in [2.75, 3.05) is 6.54 Å². The molecule has 6 heteroatoms. The molecule has 5 nitrogen and oxygen atoms in total. The lowest BCUT2D eigenvalue weighted by Crippen LogP contribution is -2.60. The van der Waals surface area contributed by atoms with E-state index in [4.69, 9.17) is 4.42 Å². The predicted octanol–water partition coefficient (Wildman–Crippen LogP) is 5.37. The molecule has 3 N–H and O–H groups in total. The Kier molecular flexibility index (Phi) is 8.06. The summed E-state index contributed by atoms with van der Waals surface area (Å²) in [5, 5.41) is 33.3. The Morgan fingerprint density at radius 1 is 1.06 bits per heavy atom. The van der Waals surface area contributed by atoms with Gasteiger partial charge in [0.2, 0.25) is 0 Å². The molecule has 1 unspecified atom stereocenters. The third kappa shape index (κ3) is 5.94. The normalized spacial score (nSPS) is 13.8. The molecule has 1 aromatic heterocycles. The molecule has 0 aliphatic carbocycles. The molecule has 1 atom stereocenters. The van der Waals surface area contributed by atoms with Gasteiger partial charge in [-0.25, -0.2) is 0 Å². The molecule has 0 bridgehead atoms. The van der Waals surface area contributed by atoms with E-state index in [1.165, 1.54) is 35.7 Å². The summed E-state index contributed by atoms with van der Waals surface area (Å²) >= 11 is 1.25. The van der Waals surface area contributed by atoms with Crippen molar-refractivity contribution in [1.29, 1.82) is 0 Å². The molecule has 3 aromatic rings. The number of aliphatic hydroxyl groups is 3. The summed E-state index contributed by atoms with van der Waals surface area (Å²) in [6, 6.07) is 16.1. The highest BCUT2D eigenvalue weighted by Crippen LogP contribution is 2.36. The lowest BCUT2D eigenvalue weighted by molar-refractivity contribution is -0.315. The lowest BCUT2D eigenvalue weighted by atomic mass is 9.97.